The number of nitrogens with zero attached hydrogens (tertiary/aromatic N) is 1. The maximum Gasteiger partial charge on any atom is 0.415 e. The van der Waals surface area contributed by atoms with Gasteiger partial charge in [-0.15, -0.1) is 0 Å². The van der Waals surface area contributed by atoms with Gasteiger partial charge < -0.3 is 0 Å². The molecule has 0 fully saturated rings. The zero-order chi connectivity index (χ0) is 12.6. The molecular formula is C12H12F3N. The minimum absolute atomic E-state index is 0.0142. The number of halogens is 3. The standard InChI is InChI=1S/C12H12F3N/c1-11(2,3)9-6-5-8(16-4)7-10(9)12(13,14)15/h5-7H,1-3H3. The van der Waals surface area contributed by atoms with E-state index in [1.807, 2.05) is 0 Å². The lowest BCUT2D eigenvalue weighted by molar-refractivity contribution is -0.138. The normalized spacial score (nSPS) is 12.3. The molecule has 0 heterocycles. The Hall–Kier alpha value is -1.50. The average molecular weight is 227 g/mol. The van der Waals surface area contributed by atoms with Gasteiger partial charge in [0.1, 0.15) is 0 Å². The highest BCUT2D eigenvalue weighted by Crippen LogP contribution is 2.39. The smallest absolute Gasteiger partial charge is 0.238 e. The minimum atomic E-state index is -4.41. The predicted molar refractivity (Wildman–Crippen MR) is 56.4 cm³/mol. The van der Waals surface area contributed by atoms with Crippen molar-refractivity contribution in [1.82, 2.24) is 0 Å². The Balaban J connectivity index is 3.47. The van der Waals surface area contributed by atoms with Crippen LogP contribution in [0.25, 0.3) is 4.85 Å². The molecule has 0 aliphatic carbocycles. The first-order valence-corrected chi connectivity index (χ1v) is 4.75. The Morgan fingerprint density at radius 2 is 1.62 bits per heavy atom. The first-order valence-electron chi connectivity index (χ1n) is 4.75. The zero-order valence-electron chi connectivity index (χ0n) is 9.31. The lowest BCUT2D eigenvalue weighted by atomic mass is 9.83. The quantitative estimate of drug-likeness (QED) is 0.572. The monoisotopic (exact) mass is 227 g/mol. The van der Waals surface area contributed by atoms with Crippen molar-refractivity contribution in [1.29, 1.82) is 0 Å². The molecule has 0 N–H and O–H groups in total. The number of hydrogen-bond acceptors (Lipinski definition) is 0. The van der Waals surface area contributed by atoms with E-state index in [9.17, 15) is 13.2 Å². The second kappa shape index (κ2) is 3.82. The summed E-state index contributed by atoms with van der Waals surface area (Å²) in [6, 6.07) is 3.71. The molecule has 0 saturated heterocycles. The predicted octanol–water partition coefficient (Wildman–Crippen LogP) is 4.55. The largest absolute Gasteiger partial charge is 0.415 e. The van der Waals surface area contributed by atoms with E-state index in [1.54, 1.807) is 20.8 Å². The van der Waals surface area contributed by atoms with Crippen LogP contribution in [0.5, 0.6) is 0 Å². The summed E-state index contributed by atoms with van der Waals surface area (Å²) in [5, 5.41) is 0. The van der Waals surface area contributed by atoms with E-state index in [-0.39, 0.29) is 11.3 Å². The topological polar surface area (TPSA) is 4.36 Å². The van der Waals surface area contributed by atoms with Gasteiger partial charge in [0.2, 0.25) is 0 Å². The molecule has 1 aromatic carbocycles. The van der Waals surface area contributed by atoms with Crippen LogP contribution < -0.4 is 0 Å². The van der Waals surface area contributed by atoms with Crippen molar-refractivity contribution in [3.63, 3.8) is 0 Å². The molecule has 16 heavy (non-hydrogen) atoms. The van der Waals surface area contributed by atoms with Gasteiger partial charge in [-0.05, 0) is 17.0 Å². The summed E-state index contributed by atoms with van der Waals surface area (Å²) in [7, 11) is 0. The van der Waals surface area contributed by atoms with Crippen LogP contribution in [-0.2, 0) is 11.6 Å². The van der Waals surface area contributed by atoms with Crippen LogP contribution in [0.4, 0.5) is 18.9 Å². The molecule has 0 aliphatic heterocycles. The van der Waals surface area contributed by atoms with Crippen molar-refractivity contribution < 1.29 is 13.2 Å². The van der Waals surface area contributed by atoms with Gasteiger partial charge in [0.05, 0.1) is 6.57 Å². The molecular weight excluding hydrogens is 215 g/mol. The molecule has 0 atom stereocenters. The van der Waals surface area contributed by atoms with Crippen LogP contribution in [-0.4, -0.2) is 0 Å². The molecule has 1 aromatic rings. The molecule has 0 bridgehead atoms. The molecule has 0 saturated carbocycles. The summed E-state index contributed by atoms with van der Waals surface area (Å²) in [6.07, 6.45) is -4.41. The molecule has 86 valence electrons. The number of benzene rings is 1. The summed E-state index contributed by atoms with van der Waals surface area (Å²) in [6.45, 7) is 11.9. The van der Waals surface area contributed by atoms with E-state index < -0.39 is 17.2 Å². The molecule has 0 radical (unpaired) electrons. The number of alkyl halides is 3. The van der Waals surface area contributed by atoms with Gasteiger partial charge in [0.15, 0.2) is 5.69 Å². The highest BCUT2D eigenvalue weighted by molar-refractivity contribution is 5.51. The highest BCUT2D eigenvalue weighted by atomic mass is 19.4. The van der Waals surface area contributed by atoms with Crippen molar-refractivity contribution in [2.75, 3.05) is 0 Å². The van der Waals surface area contributed by atoms with Crippen LogP contribution in [0.15, 0.2) is 18.2 Å². The number of hydrogen-bond donors (Lipinski definition) is 0. The van der Waals surface area contributed by atoms with Crippen LogP contribution in [0.3, 0.4) is 0 Å². The molecule has 0 aromatic heterocycles. The van der Waals surface area contributed by atoms with Crippen LogP contribution in [0.2, 0.25) is 0 Å². The fourth-order valence-corrected chi connectivity index (χ4v) is 1.49. The van der Waals surface area contributed by atoms with E-state index in [0.29, 0.717) is 0 Å². The van der Waals surface area contributed by atoms with Gasteiger partial charge in [-0.2, -0.15) is 13.2 Å². The van der Waals surface area contributed by atoms with Crippen molar-refractivity contribution in [2.45, 2.75) is 32.4 Å². The third kappa shape index (κ3) is 2.54. The van der Waals surface area contributed by atoms with Crippen molar-refractivity contribution in [2.24, 2.45) is 0 Å². The zero-order valence-corrected chi connectivity index (χ0v) is 9.31. The highest BCUT2D eigenvalue weighted by Gasteiger charge is 2.36. The third-order valence-corrected chi connectivity index (χ3v) is 2.25. The van der Waals surface area contributed by atoms with Gasteiger partial charge in [0, 0.05) is 5.56 Å². The van der Waals surface area contributed by atoms with Crippen LogP contribution in [0, 0.1) is 6.57 Å². The Labute approximate surface area is 92.7 Å². The van der Waals surface area contributed by atoms with Crippen LogP contribution in [0.1, 0.15) is 31.9 Å². The van der Waals surface area contributed by atoms with E-state index >= 15 is 0 Å². The Bertz CT molecular complexity index is 433. The summed E-state index contributed by atoms with van der Waals surface area (Å²) in [4.78, 5) is 3.02. The SMILES string of the molecule is [C-]#[N+]c1ccc(C(C)(C)C)c(C(F)(F)F)c1. The van der Waals surface area contributed by atoms with Crippen molar-refractivity contribution in [3.05, 3.63) is 40.7 Å². The summed E-state index contributed by atoms with van der Waals surface area (Å²) in [5.41, 5.74) is -1.08. The Morgan fingerprint density at radius 1 is 1.06 bits per heavy atom. The maximum absolute atomic E-state index is 12.8. The summed E-state index contributed by atoms with van der Waals surface area (Å²) in [5.74, 6) is 0. The Morgan fingerprint density at radius 3 is 2.00 bits per heavy atom. The van der Waals surface area contributed by atoms with E-state index in [4.69, 9.17) is 6.57 Å². The molecule has 4 heteroatoms. The summed E-state index contributed by atoms with van der Waals surface area (Å²) >= 11 is 0. The van der Waals surface area contributed by atoms with Gasteiger partial charge in [-0.1, -0.05) is 32.9 Å². The third-order valence-electron chi connectivity index (χ3n) is 2.25. The van der Waals surface area contributed by atoms with Crippen molar-refractivity contribution in [3.8, 4) is 0 Å². The molecule has 0 unspecified atom stereocenters. The van der Waals surface area contributed by atoms with Gasteiger partial charge in [-0.3, -0.25) is 0 Å². The van der Waals surface area contributed by atoms with Gasteiger partial charge >= 0.3 is 6.18 Å². The molecule has 0 amide bonds. The molecule has 0 aliphatic rings. The lowest BCUT2D eigenvalue weighted by Crippen LogP contribution is -2.19. The summed E-state index contributed by atoms with van der Waals surface area (Å²) < 4.78 is 38.4. The second-order valence-corrected chi connectivity index (χ2v) is 4.59. The second-order valence-electron chi connectivity index (χ2n) is 4.59. The fourth-order valence-electron chi connectivity index (χ4n) is 1.49. The molecule has 0 spiro atoms. The first kappa shape index (κ1) is 12.6. The minimum Gasteiger partial charge on any atom is -0.238 e. The van der Waals surface area contributed by atoms with Crippen molar-refractivity contribution >= 4 is 5.69 Å². The average Bonchev–Trinajstić information content (AvgIpc) is 2.14. The fraction of sp³-hybridized carbons (Fsp3) is 0.417. The van der Waals surface area contributed by atoms with Gasteiger partial charge in [-0.25, -0.2) is 4.85 Å². The molecule has 1 rings (SSSR count). The first-order chi connectivity index (χ1) is 7.16. The lowest BCUT2D eigenvalue weighted by Gasteiger charge is -2.24. The molecule has 1 nitrogen and oxygen atoms in total. The maximum atomic E-state index is 12.8. The van der Waals surface area contributed by atoms with Gasteiger partial charge in [0.25, 0.3) is 0 Å². The van der Waals surface area contributed by atoms with E-state index in [2.05, 4.69) is 4.85 Å². The Kier molecular flexibility index (Phi) is 3.00. The number of rotatable bonds is 0. The van der Waals surface area contributed by atoms with E-state index in [1.165, 1.54) is 12.1 Å². The van der Waals surface area contributed by atoms with Crippen LogP contribution >= 0.6 is 0 Å². The van der Waals surface area contributed by atoms with E-state index in [0.717, 1.165) is 6.07 Å².